The number of benzene rings is 1. The van der Waals surface area contributed by atoms with Crippen LogP contribution in [0.3, 0.4) is 0 Å². The molecule has 0 aromatic heterocycles. The highest BCUT2D eigenvalue weighted by Crippen LogP contribution is 2.33. The molecule has 0 aliphatic rings. The fourth-order valence-electron chi connectivity index (χ4n) is 3.21. The first-order valence-corrected chi connectivity index (χ1v) is 11.6. The molecule has 0 bridgehead atoms. The first-order valence-electron chi connectivity index (χ1n) is 8.07. The second-order valence-electron chi connectivity index (χ2n) is 6.75. The van der Waals surface area contributed by atoms with Gasteiger partial charge in [-0.2, -0.15) is 0 Å². The van der Waals surface area contributed by atoms with E-state index >= 15 is 0 Å². The summed E-state index contributed by atoms with van der Waals surface area (Å²) in [7, 11) is -1.47. The van der Waals surface area contributed by atoms with E-state index in [0.717, 1.165) is 19.1 Å². The van der Waals surface area contributed by atoms with Gasteiger partial charge in [-0.25, -0.2) is 0 Å². The van der Waals surface area contributed by atoms with Crippen molar-refractivity contribution in [3.63, 3.8) is 0 Å². The van der Waals surface area contributed by atoms with Crippen LogP contribution >= 0.6 is 0 Å². The molecule has 0 atom stereocenters. The summed E-state index contributed by atoms with van der Waals surface area (Å²) in [6.45, 7) is 19.7. The minimum atomic E-state index is -1.47. The summed E-state index contributed by atoms with van der Waals surface area (Å²) in [6, 6.07) is 10.8. The van der Waals surface area contributed by atoms with Gasteiger partial charge in [-0.3, -0.25) is 0 Å². The Bertz CT molecular complexity index is 525. The van der Waals surface area contributed by atoms with Crippen molar-refractivity contribution >= 4 is 20.4 Å². The van der Waals surface area contributed by atoms with E-state index in [-0.39, 0.29) is 0 Å². The van der Waals surface area contributed by atoms with Crippen molar-refractivity contribution < 1.29 is 0 Å². The molecule has 0 fully saturated rings. The molecule has 0 unspecified atom stereocenters. The van der Waals surface area contributed by atoms with Gasteiger partial charge in [0, 0.05) is 0 Å². The van der Waals surface area contributed by atoms with Crippen LogP contribution in [-0.2, 0) is 0 Å². The highest BCUT2D eigenvalue weighted by atomic mass is 28.3. The van der Waals surface area contributed by atoms with Crippen LogP contribution in [0.5, 0.6) is 0 Å². The molecule has 0 aliphatic carbocycles. The lowest BCUT2D eigenvalue weighted by Gasteiger charge is -2.30. The van der Waals surface area contributed by atoms with Gasteiger partial charge in [0.1, 0.15) is 0 Å². The molecule has 0 saturated carbocycles. The molecule has 0 heterocycles. The van der Waals surface area contributed by atoms with Crippen LogP contribution in [0.25, 0.3) is 5.57 Å². The van der Waals surface area contributed by atoms with Crippen molar-refractivity contribution in [1.29, 1.82) is 0 Å². The molecule has 0 spiro atoms. The minimum Gasteiger partial charge on any atom is -0.106 e. The fourth-order valence-corrected chi connectivity index (χ4v) is 5.82. The van der Waals surface area contributed by atoms with Crippen molar-refractivity contribution in [2.24, 2.45) is 0 Å². The van der Waals surface area contributed by atoms with Gasteiger partial charge in [0.05, 0.1) is 8.07 Å². The Morgan fingerprint density at radius 2 is 1.50 bits per heavy atom. The van der Waals surface area contributed by atoms with E-state index in [2.05, 4.69) is 69.7 Å². The summed E-state index contributed by atoms with van der Waals surface area (Å²) in [4.78, 5) is 0. The normalized spacial score (nSPS) is 12.3. The van der Waals surface area contributed by atoms with E-state index in [4.69, 9.17) is 0 Å². The fraction of sp³-hybridized carbons (Fsp3) is 0.300. The third kappa shape index (κ3) is 5.03. The molecule has 22 heavy (non-hydrogen) atoms. The molecule has 0 nitrogen and oxygen atoms in total. The number of rotatable bonds is 9. The summed E-state index contributed by atoms with van der Waals surface area (Å²) in [5.41, 5.74) is 2.79. The van der Waals surface area contributed by atoms with E-state index in [1.54, 1.807) is 5.10 Å². The molecule has 1 aromatic carbocycles. The molecule has 0 radical (unpaired) electrons. The van der Waals surface area contributed by atoms with Gasteiger partial charge < -0.3 is 0 Å². The third-order valence-electron chi connectivity index (χ3n) is 3.91. The van der Waals surface area contributed by atoms with Crippen LogP contribution in [0.1, 0.15) is 12.0 Å². The SMILES string of the molecule is C=CCB(CC=C)/C(=C(/CC=C)c1ccccc1)[Si](C)(C)C. The summed E-state index contributed by atoms with van der Waals surface area (Å²) in [5, 5.41) is 1.64. The Labute approximate surface area is 138 Å². The maximum absolute atomic E-state index is 3.98. The number of hydrogen-bond donors (Lipinski definition) is 0. The van der Waals surface area contributed by atoms with Crippen molar-refractivity contribution in [3.05, 3.63) is 79.0 Å². The van der Waals surface area contributed by atoms with Gasteiger partial charge in [-0.1, -0.05) is 86.4 Å². The predicted octanol–water partition coefficient (Wildman–Crippen LogP) is 6.30. The van der Waals surface area contributed by atoms with Gasteiger partial charge in [-0.05, 0) is 12.0 Å². The van der Waals surface area contributed by atoms with Crippen LogP contribution in [0, 0.1) is 0 Å². The van der Waals surface area contributed by atoms with Crippen molar-refractivity contribution in [2.45, 2.75) is 38.7 Å². The van der Waals surface area contributed by atoms with E-state index in [9.17, 15) is 0 Å². The largest absolute Gasteiger partial charge is 0.173 e. The molecule has 1 rings (SSSR count). The second kappa shape index (κ2) is 8.80. The Balaban J connectivity index is 3.55. The van der Waals surface area contributed by atoms with Crippen molar-refractivity contribution in [1.82, 2.24) is 0 Å². The van der Waals surface area contributed by atoms with E-state index in [1.165, 1.54) is 11.1 Å². The molecule has 0 aliphatic heterocycles. The Morgan fingerprint density at radius 3 is 1.91 bits per heavy atom. The summed E-state index contributed by atoms with van der Waals surface area (Å²) in [6.07, 6.45) is 9.07. The summed E-state index contributed by atoms with van der Waals surface area (Å²) >= 11 is 0. The zero-order valence-corrected chi connectivity index (χ0v) is 15.4. The minimum absolute atomic E-state index is 0.511. The van der Waals surface area contributed by atoms with E-state index in [0.29, 0.717) is 6.71 Å². The van der Waals surface area contributed by atoms with Crippen molar-refractivity contribution in [2.75, 3.05) is 0 Å². The van der Waals surface area contributed by atoms with Gasteiger partial charge in [-0.15, -0.1) is 24.8 Å². The molecule has 0 N–H and O–H groups in total. The smallest absolute Gasteiger partial charge is 0.106 e. The zero-order chi connectivity index (χ0) is 16.6. The van der Waals surface area contributed by atoms with Gasteiger partial charge in [0.25, 0.3) is 0 Å². The number of allylic oxidation sites excluding steroid dienone is 4. The standard InChI is InChI=1S/C20H29BSi/c1-7-13-19(18-14-11-10-12-15-18)20(22(4,5)6)21(16-8-2)17-9-3/h7-12,14-15H,1-3,13,16-17H2,4-6H3/b20-19+. The van der Waals surface area contributed by atoms with E-state index in [1.807, 2.05) is 18.2 Å². The topological polar surface area (TPSA) is 0 Å². The second-order valence-corrected chi connectivity index (χ2v) is 11.8. The molecule has 0 saturated heterocycles. The molecule has 2 heteroatoms. The monoisotopic (exact) mass is 308 g/mol. The lowest BCUT2D eigenvalue weighted by atomic mass is 9.43. The van der Waals surface area contributed by atoms with Gasteiger partial charge in [0.2, 0.25) is 0 Å². The van der Waals surface area contributed by atoms with Gasteiger partial charge in [0.15, 0.2) is 6.71 Å². The van der Waals surface area contributed by atoms with Crippen LogP contribution < -0.4 is 0 Å². The maximum atomic E-state index is 3.98. The third-order valence-corrected chi connectivity index (χ3v) is 6.24. The first-order chi connectivity index (χ1) is 10.5. The predicted molar refractivity (Wildman–Crippen MR) is 107 cm³/mol. The molecule has 116 valence electrons. The quantitative estimate of drug-likeness (QED) is 0.371. The molecular formula is C20H29BSi. The highest BCUT2D eigenvalue weighted by Gasteiger charge is 2.30. The van der Waals surface area contributed by atoms with Crippen LogP contribution in [-0.4, -0.2) is 14.8 Å². The Hall–Kier alpha value is -1.54. The highest BCUT2D eigenvalue weighted by molar-refractivity contribution is 6.99. The Kier molecular flexibility index (Phi) is 7.40. The van der Waals surface area contributed by atoms with Crippen LogP contribution in [0.4, 0.5) is 0 Å². The maximum Gasteiger partial charge on any atom is 0.173 e. The van der Waals surface area contributed by atoms with Crippen LogP contribution in [0.2, 0.25) is 32.3 Å². The van der Waals surface area contributed by atoms with Crippen LogP contribution in [0.15, 0.2) is 73.4 Å². The lowest BCUT2D eigenvalue weighted by molar-refractivity contribution is 1.38. The van der Waals surface area contributed by atoms with Gasteiger partial charge >= 0.3 is 0 Å². The number of hydrogen-bond acceptors (Lipinski definition) is 0. The molecular weight excluding hydrogens is 279 g/mol. The average molecular weight is 308 g/mol. The lowest BCUT2D eigenvalue weighted by Crippen LogP contribution is -2.35. The van der Waals surface area contributed by atoms with E-state index < -0.39 is 8.07 Å². The molecule has 1 aromatic rings. The first kappa shape index (κ1) is 18.5. The Morgan fingerprint density at radius 1 is 0.955 bits per heavy atom. The van der Waals surface area contributed by atoms with Crippen molar-refractivity contribution in [3.8, 4) is 0 Å². The summed E-state index contributed by atoms with van der Waals surface area (Å²) in [5.74, 6) is 0. The zero-order valence-electron chi connectivity index (χ0n) is 14.4. The average Bonchev–Trinajstić information content (AvgIpc) is 2.47. The summed E-state index contributed by atoms with van der Waals surface area (Å²) < 4.78 is 0. The molecule has 0 amide bonds.